The molecule has 0 amide bonds. The van der Waals surface area contributed by atoms with Crippen molar-refractivity contribution in [2.24, 2.45) is 11.3 Å². The normalized spacial score (nSPS) is 18.9. The molecule has 2 aromatic carbocycles. The highest BCUT2D eigenvalue weighted by Gasteiger charge is 2.52. The maximum atomic E-state index is 14.8. The summed E-state index contributed by atoms with van der Waals surface area (Å²) < 4.78 is 28.1. The number of cyclic esters (lactones) is 1. The molecule has 0 N–H and O–H groups in total. The number of hydrogen-bond acceptors (Lipinski definition) is 6. The summed E-state index contributed by atoms with van der Waals surface area (Å²) in [6.45, 7) is 33.1. The van der Waals surface area contributed by atoms with E-state index in [1.165, 1.54) is 23.2 Å². The standard InChI is InChI=1S/C53H88O6Si3/c1-16-23-26-31-44(57-60(17-2,18-3)19-4)37-36-41(8)50(55)53(14,15)51(59-61(20-5,21-6)22-7)43(10)38-42(9)48-39-45(40-49(54)56-48)58-62(52(11,12)13,46-32-27-24-28-33-46)47-34-29-25-30-35-47/h24-25,27-30,32-36,38,43-45,48,51H,16-23,26,31,37,39-40H2,1-15H3/b41-36+,42-38+/t43-,44+,45-,48-,51-/m0/s1. The molecule has 0 saturated carbocycles. The molecule has 2 aromatic rings. The molecule has 1 aliphatic heterocycles. The molecule has 0 unspecified atom stereocenters. The highest BCUT2D eigenvalue weighted by Crippen LogP contribution is 2.41. The molecule has 0 aliphatic carbocycles. The molecule has 6 nitrogen and oxygen atoms in total. The van der Waals surface area contributed by atoms with Crippen LogP contribution < -0.4 is 10.4 Å². The predicted molar refractivity (Wildman–Crippen MR) is 270 cm³/mol. The van der Waals surface area contributed by atoms with Gasteiger partial charge in [0, 0.05) is 18.4 Å². The van der Waals surface area contributed by atoms with Crippen molar-refractivity contribution in [3.05, 3.63) is 84.0 Å². The monoisotopic (exact) mass is 905 g/mol. The fraction of sp³-hybridized carbons (Fsp3) is 0.660. The predicted octanol–water partition coefficient (Wildman–Crippen LogP) is 13.5. The third-order valence-corrected chi connectivity index (χ3v) is 29.0. The van der Waals surface area contributed by atoms with Crippen LogP contribution in [0.4, 0.5) is 0 Å². The van der Waals surface area contributed by atoms with E-state index in [-0.39, 0.29) is 47.4 Å². The Morgan fingerprint density at radius 3 is 1.74 bits per heavy atom. The number of carbonyl (C=O) groups excluding carboxylic acids is 2. The van der Waals surface area contributed by atoms with E-state index in [4.69, 9.17) is 18.0 Å². The van der Waals surface area contributed by atoms with Gasteiger partial charge in [0.15, 0.2) is 22.4 Å². The Labute approximate surface area is 382 Å². The molecule has 9 heteroatoms. The van der Waals surface area contributed by atoms with Crippen molar-refractivity contribution in [1.29, 1.82) is 0 Å². The Balaban J connectivity index is 2.01. The van der Waals surface area contributed by atoms with Gasteiger partial charge in [0.1, 0.15) is 6.10 Å². The first-order valence-corrected chi connectivity index (χ1v) is 31.5. The van der Waals surface area contributed by atoms with Crippen LogP contribution in [-0.4, -0.2) is 61.1 Å². The summed E-state index contributed by atoms with van der Waals surface area (Å²) in [4.78, 5) is 28.4. The summed E-state index contributed by atoms with van der Waals surface area (Å²) in [5.41, 5.74) is 0.962. The maximum absolute atomic E-state index is 14.8. The quantitative estimate of drug-likeness (QED) is 0.0308. The zero-order valence-electron chi connectivity index (χ0n) is 42.0. The van der Waals surface area contributed by atoms with Crippen molar-refractivity contribution in [3.63, 3.8) is 0 Å². The third kappa shape index (κ3) is 13.3. The Bertz CT molecular complexity index is 1670. The lowest BCUT2D eigenvalue weighted by molar-refractivity contribution is -0.156. The van der Waals surface area contributed by atoms with Crippen LogP contribution in [0.15, 0.2) is 84.0 Å². The zero-order valence-corrected chi connectivity index (χ0v) is 45.0. The number of Topliss-reactive ketones (excluding diaryl/α,β-unsaturated/α-hetero) is 1. The van der Waals surface area contributed by atoms with Gasteiger partial charge in [-0.25, -0.2) is 0 Å². The summed E-state index contributed by atoms with van der Waals surface area (Å²) in [7, 11) is -6.88. The van der Waals surface area contributed by atoms with Crippen LogP contribution in [0.1, 0.15) is 149 Å². The van der Waals surface area contributed by atoms with Crippen LogP contribution in [0.2, 0.25) is 41.3 Å². The van der Waals surface area contributed by atoms with Crippen molar-refractivity contribution < 1.29 is 27.6 Å². The van der Waals surface area contributed by atoms with E-state index in [0.717, 1.165) is 66.7 Å². The first-order chi connectivity index (χ1) is 29.3. The second-order valence-electron chi connectivity index (χ2n) is 20.0. The topological polar surface area (TPSA) is 71.1 Å². The van der Waals surface area contributed by atoms with E-state index in [0.29, 0.717) is 6.42 Å². The van der Waals surface area contributed by atoms with Crippen molar-refractivity contribution in [2.75, 3.05) is 0 Å². The molecule has 3 rings (SSSR count). The molecule has 0 radical (unpaired) electrons. The minimum atomic E-state index is -2.90. The first-order valence-electron chi connectivity index (χ1n) is 24.5. The number of ether oxygens (including phenoxy) is 1. The molecule has 1 heterocycles. The summed E-state index contributed by atoms with van der Waals surface area (Å²) in [6, 6.07) is 27.6. The van der Waals surface area contributed by atoms with Gasteiger partial charge in [-0.05, 0) is 89.5 Å². The van der Waals surface area contributed by atoms with E-state index < -0.39 is 36.5 Å². The first kappa shape index (κ1) is 53.9. The second-order valence-corrected chi connectivity index (χ2v) is 33.7. The van der Waals surface area contributed by atoms with Crippen molar-refractivity contribution in [2.45, 2.75) is 215 Å². The molecule has 0 bridgehead atoms. The molecule has 62 heavy (non-hydrogen) atoms. The Hall–Kier alpha value is -2.41. The SMILES string of the molecule is CCCCC[C@H](C/C=C(\C)C(=O)C(C)(C)[C@@H](O[Si](CC)(CC)CC)[C@@H](C)/C=C(\C)[C@@H]1C[C@H](O[Si](c2ccccc2)(c2ccccc2)C(C)(C)C)CC(=O)O1)O[Si](CC)(CC)CC. The molecule has 1 saturated heterocycles. The number of esters is 1. The minimum Gasteiger partial charge on any atom is -0.458 e. The number of rotatable bonds is 26. The van der Waals surface area contributed by atoms with Crippen LogP contribution in [0.3, 0.4) is 0 Å². The van der Waals surface area contributed by atoms with E-state index >= 15 is 0 Å². The molecule has 348 valence electrons. The van der Waals surface area contributed by atoms with Crippen molar-refractivity contribution >= 4 is 47.1 Å². The van der Waals surface area contributed by atoms with Gasteiger partial charge < -0.3 is 18.0 Å². The second kappa shape index (κ2) is 24.2. The van der Waals surface area contributed by atoms with Crippen LogP contribution in [-0.2, 0) is 27.6 Å². The highest BCUT2D eigenvalue weighted by atomic mass is 28.4. The van der Waals surface area contributed by atoms with Gasteiger partial charge in [-0.15, -0.1) is 0 Å². The van der Waals surface area contributed by atoms with E-state index in [1.54, 1.807) is 0 Å². The van der Waals surface area contributed by atoms with Gasteiger partial charge >= 0.3 is 5.97 Å². The van der Waals surface area contributed by atoms with E-state index in [2.05, 4.69) is 170 Å². The average Bonchev–Trinajstić information content (AvgIpc) is 3.26. The van der Waals surface area contributed by atoms with Crippen LogP contribution in [0, 0.1) is 11.3 Å². The zero-order chi connectivity index (χ0) is 46.4. The van der Waals surface area contributed by atoms with Crippen molar-refractivity contribution in [1.82, 2.24) is 0 Å². The van der Waals surface area contributed by atoms with Crippen molar-refractivity contribution in [3.8, 4) is 0 Å². The lowest BCUT2D eigenvalue weighted by Gasteiger charge is -2.46. The summed E-state index contributed by atoms with van der Waals surface area (Å²) in [6.07, 6.45) is 9.50. The molecular formula is C53H88O6Si3. The van der Waals surface area contributed by atoms with Gasteiger partial charge in [-0.1, -0.05) is 182 Å². The number of carbonyl (C=O) groups is 2. The fourth-order valence-electron chi connectivity index (χ4n) is 10.1. The number of allylic oxidation sites excluding steroid dienone is 1. The molecule has 1 fully saturated rings. The van der Waals surface area contributed by atoms with Gasteiger partial charge in [0.05, 0.1) is 24.0 Å². The summed E-state index contributed by atoms with van der Waals surface area (Å²) >= 11 is 0. The molecule has 0 spiro atoms. The fourth-order valence-corrected chi connectivity index (χ4v) is 20.8. The minimum absolute atomic E-state index is 0.120. The van der Waals surface area contributed by atoms with E-state index in [9.17, 15) is 9.59 Å². The third-order valence-electron chi connectivity index (χ3n) is 14.5. The maximum Gasteiger partial charge on any atom is 0.308 e. The summed E-state index contributed by atoms with van der Waals surface area (Å²) in [5, 5.41) is 2.17. The lowest BCUT2D eigenvalue weighted by Crippen LogP contribution is -2.68. The highest BCUT2D eigenvalue weighted by molar-refractivity contribution is 6.99. The number of ketones is 1. The van der Waals surface area contributed by atoms with Gasteiger partial charge in [-0.3, -0.25) is 9.59 Å². The summed E-state index contributed by atoms with van der Waals surface area (Å²) in [5.74, 6) is -0.228. The van der Waals surface area contributed by atoms with Crippen LogP contribution in [0.5, 0.6) is 0 Å². The lowest BCUT2D eigenvalue weighted by atomic mass is 9.74. The van der Waals surface area contributed by atoms with Crippen LogP contribution >= 0.6 is 0 Å². The smallest absolute Gasteiger partial charge is 0.308 e. The number of benzene rings is 2. The van der Waals surface area contributed by atoms with Gasteiger partial charge in [-0.2, -0.15) is 0 Å². The van der Waals surface area contributed by atoms with Crippen LogP contribution in [0.25, 0.3) is 0 Å². The average molecular weight is 906 g/mol. The van der Waals surface area contributed by atoms with Gasteiger partial charge in [0.2, 0.25) is 0 Å². The largest absolute Gasteiger partial charge is 0.458 e. The Morgan fingerprint density at radius 1 is 0.774 bits per heavy atom. The van der Waals surface area contributed by atoms with Gasteiger partial charge in [0.25, 0.3) is 8.32 Å². The number of unbranched alkanes of at least 4 members (excludes halogenated alkanes) is 2. The molecule has 5 atom stereocenters. The molecule has 0 aromatic heterocycles. The Morgan fingerprint density at radius 2 is 1.27 bits per heavy atom. The van der Waals surface area contributed by atoms with E-state index in [1.807, 2.05) is 6.92 Å². The Kier molecular flexibility index (Phi) is 21.1. The number of hydrogen-bond donors (Lipinski definition) is 0. The molecular weight excluding hydrogens is 817 g/mol. The molecule has 1 aliphatic rings.